The van der Waals surface area contributed by atoms with Crippen LogP contribution in [0.1, 0.15) is 22.1 Å². The van der Waals surface area contributed by atoms with Gasteiger partial charge in [-0.15, -0.1) is 11.3 Å². The highest BCUT2D eigenvalue weighted by Gasteiger charge is 2.26. The van der Waals surface area contributed by atoms with Crippen molar-refractivity contribution in [1.29, 1.82) is 0 Å². The summed E-state index contributed by atoms with van der Waals surface area (Å²) in [6, 6.07) is 9.79. The third kappa shape index (κ3) is 3.62. The Hall–Kier alpha value is -3.17. The highest BCUT2D eigenvalue weighted by molar-refractivity contribution is 7.13. The highest BCUT2D eigenvalue weighted by atomic mass is 32.1. The number of hydrogen-bond donors (Lipinski definition) is 4. The molecule has 0 bridgehead atoms. The van der Waals surface area contributed by atoms with Gasteiger partial charge in [-0.3, -0.25) is 10.1 Å². The first kappa shape index (κ1) is 17.9. The first-order chi connectivity index (χ1) is 14.3. The fraction of sp³-hybridized carbons (Fsp3) is 0.250. The van der Waals surface area contributed by atoms with E-state index in [0.29, 0.717) is 10.7 Å². The second-order valence-corrected chi connectivity index (χ2v) is 7.82. The Bertz CT molecular complexity index is 1000. The summed E-state index contributed by atoms with van der Waals surface area (Å²) in [5, 5.41) is 15.5. The number of anilines is 4. The van der Waals surface area contributed by atoms with Crippen LogP contribution in [0.5, 0.6) is 0 Å². The van der Waals surface area contributed by atoms with Crippen LogP contribution in [0.25, 0.3) is 0 Å². The van der Waals surface area contributed by atoms with E-state index in [1.54, 1.807) is 6.20 Å². The summed E-state index contributed by atoms with van der Waals surface area (Å²) in [4.78, 5) is 23.8. The van der Waals surface area contributed by atoms with Crippen molar-refractivity contribution in [3.63, 3.8) is 0 Å². The lowest BCUT2D eigenvalue weighted by Crippen LogP contribution is -2.43. The third-order valence-electron chi connectivity index (χ3n) is 5.10. The molecule has 1 atom stereocenters. The van der Waals surface area contributed by atoms with Gasteiger partial charge in [0, 0.05) is 49.5 Å². The predicted octanol–water partition coefficient (Wildman–Crippen LogP) is 2.74. The van der Waals surface area contributed by atoms with Crippen molar-refractivity contribution in [2.45, 2.75) is 6.17 Å². The first-order valence-corrected chi connectivity index (χ1v) is 10.4. The number of hydrogen-bond acceptors (Lipinski definition) is 8. The second kappa shape index (κ2) is 7.69. The molecule has 2 aromatic heterocycles. The van der Waals surface area contributed by atoms with Gasteiger partial charge in [-0.1, -0.05) is 6.07 Å². The summed E-state index contributed by atoms with van der Waals surface area (Å²) < 4.78 is 0. The largest absolute Gasteiger partial charge is 0.360 e. The van der Waals surface area contributed by atoms with Crippen LogP contribution >= 0.6 is 11.3 Å². The van der Waals surface area contributed by atoms with Crippen LogP contribution in [0.15, 0.2) is 48.1 Å². The molecule has 0 aliphatic carbocycles. The summed E-state index contributed by atoms with van der Waals surface area (Å²) in [5.41, 5.74) is 3.29. The van der Waals surface area contributed by atoms with Crippen molar-refractivity contribution in [3.8, 4) is 0 Å². The number of pyridine rings is 1. The van der Waals surface area contributed by atoms with Crippen molar-refractivity contribution in [1.82, 2.24) is 15.3 Å². The molecule has 29 heavy (non-hydrogen) atoms. The first-order valence-electron chi connectivity index (χ1n) is 9.56. The van der Waals surface area contributed by atoms with Crippen LogP contribution in [-0.4, -0.2) is 42.1 Å². The van der Waals surface area contributed by atoms with Crippen LogP contribution in [0.2, 0.25) is 0 Å². The van der Waals surface area contributed by atoms with Crippen LogP contribution in [0.4, 0.5) is 22.3 Å². The quantitative estimate of drug-likeness (QED) is 0.528. The zero-order chi connectivity index (χ0) is 19.6. The van der Waals surface area contributed by atoms with Crippen LogP contribution < -0.4 is 26.2 Å². The Balaban J connectivity index is 1.32. The van der Waals surface area contributed by atoms with E-state index in [2.05, 4.69) is 48.3 Å². The van der Waals surface area contributed by atoms with Crippen molar-refractivity contribution in [2.75, 3.05) is 47.0 Å². The normalized spacial score (nSPS) is 17.9. The van der Waals surface area contributed by atoms with E-state index in [-0.39, 0.29) is 12.1 Å². The molecule has 2 aliphatic rings. The molecule has 0 saturated carbocycles. The van der Waals surface area contributed by atoms with Crippen LogP contribution in [0, 0.1) is 0 Å². The third-order valence-corrected chi connectivity index (χ3v) is 5.78. The van der Waals surface area contributed by atoms with Gasteiger partial charge in [0.15, 0.2) is 5.13 Å². The SMILES string of the molecule is O=C(Nc1nccs1)c1cccc2c1NC(c1ccc(N3CCNCC3)nc1)N2. The molecule has 1 aromatic carbocycles. The second-order valence-electron chi connectivity index (χ2n) is 6.93. The number of benzene rings is 1. The molecule has 0 spiro atoms. The number of piperazine rings is 1. The predicted molar refractivity (Wildman–Crippen MR) is 116 cm³/mol. The molecule has 8 nitrogen and oxygen atoms in total. The molecule has 3 aromatic rings. The summed E-state index contributed by atoms with van der Waals surface area (Å²) in [7, 11) is 0. The van der Waals surface area contributed by atoms with Gasteiger partial charge in [0.25, 0.3) is 5.91 Å². The van der Waals surface area contributed by atoms with E-state index in [1.807, 2.05) is 29.8 Å². The zero-order valence-corrected chi connectivity index (χ0v) is 16.5. The van der Waals surface area contributed by atoms with Crippen LogP contribution in [0.3, 0.4) is 0 Å². The van der Waals surface area contributed by atoms with Gasteiger partial charge < -0.3 is 20.9 Å². The maximum atomic E-state index is 12.7. The van der Waals surface area contributed by atoms with Gasteiger partial charge in [-0.2, -0.15) is 0 Å². The molecule has 5 rings (SSSR count). The molecule has 9 heteroatoms. The smallest absolute Gasteiger partial charge is 0.259 e. The summed E-state index contributed by atoms with van der Waals surface area (Å²) in [6.45, 7) is 3.90. The average Bonchev–Trinajstić information content (AvgIpc) is 3.44. The number of aromatic nitrogens is 2. The number of carbonyl (C=O) groups is 1. The fourth-order valence-corrected chi connectivity index (χ4v) is 4.14. The molecule has 148 valence electrons. The van der Waals surface area contributed by atoms with Gasteiger partial charge in [0.1, 0.15) is 12.0 Å². The van der Waals surface area contributed by atoms with Gasteiger partial charge in [0.2, 0.25) is 0 Å². The lowest BCUT2D eigenvalue weighted by atomic mass is 10.1. The standard InChI is InChI=1S/C20H21N7OS/c28-19(26-20-22-8-11-29-20)14-2-1-3-15-17(14)25-18(24-15)13-4-5-16(23-12-13)27-9-6-21-7-10-27/h1-5,8,11-12,18,21,24-25H,6-7,9-10H2,(H,22,26,28). The molecule has 1 amide bonds. The molecule has 1 saturated heterocycles. The Morgan fingerprint density at radius 3 is 2.79 bits per heavy atom. The van der Waals surface area contributed by atoms with Crippen molar-refractivity contribution in [2.24, 2.45) is 0 Å². The molecular weight excluding hydrogens is 386 g/mol. The van der Waals surface area contributed by atoms with Gasteiger partial charge >= 0.3 is 0 Å². The summed E-state index contributed by atoms with van der Waals surface area (Å²) in [6.07, 6.45) is 3.43. The minimum absolute atomic E-state index is 0.136. The Morgan fingerprint density at radius 1 is 1.14 bits per heavy atom. The van der Waals surface area contributed by atoms with Crippen molar-refractivity contribution in [3.05, 3.63) is 59.2 Å². The number of rotatable bonds is 4. The van der Waals surface area contributed by atoms with Gasteiger partial charge in [-0.25, -0.2) is 9.97 Å². The Kier molecular flexibility index (Phi) is 4.74. The van der Waals surface area contributed by atoms with Crippen molar-refractivity contribution >= 4 is 39.6 Å². The maximum Gasteiger partial charge on any atom is 0.259 e. The molecule has 4 N–H and O–H groups in total. The average molecular weight is 408 g/mol. The maximum absolute atomic E-state index is 12.7. The number of thiazole rings is 1. The van der Waals surface area contributed by atoms with E-state index in [9.17, 15) is 4.79 Å². The minimum Gasteiger partial charge on any atom is -0.360 e. The van der Waals surface area contributed by atoms with E-state index in [0.717, 1.165) is 48.9 Å². The zero-order valence-electron chi connectivity index (χ0n) is 15.7. The van der Waals surface area contributed by atoms with Crippen molar-refractivity contribution < 1.29 is 4.79 Å². The summed E-state index contributed by atoms with van der Waals surface area (Å²) >= 11 is 1.39. The molecule has 1 unspecified atom stereocenters. The van der Waals surface area contributed by atoms with Gasteiger partial charge in [-0.05, 0) is 24.3 Å². The topological polar surface area (TPSA) is 94.2 Å². The molecular formula is C20H21N7OS. The van der Waals surface area contributed by atoms with E-state index in [1.165, 1.54) is 11.3 Å². The number of fused-ring (bicyclic) bond motifs is 1. The van der Waals surface area contributed by atoms with E-state index in [4.69, 9.17) is 0 Å². The highest BCUT2D eigenvalue weighted by Crippen LogP contribution is 2.38. The summed E-state index contributed by atoms with van der Waals surface area (Å²) in [5.74, 6) is 0.813. The molecule has 2 aliphatic heterocycles. The van der Waals surface area contributed by atoms with E-state index < -0.39 is 0 Å². The Labute approximate surface area is 172 Å². The number of amides is 1. The van der Waals surface area contributed by atoms with Gasteiger partial charge in [0.05, 0.1) is 16.9 Å². The lowest BCUT2D eigenvalue weighted by Gasteiger charge is -2.28. The molecule has 4 heterocycles. The molecule has 0 radical (unpaired) electrons. The van der Waals surface area contributed by atoms with E-state index >= 15 is 0 Å². The monoisotopic (exact) mass is 407 g/mol. The minimum atomic E-state index is -0.182. The number of nitrogens with one attached hydrogen (secondary N) is 4. The Morgan fingerprint density at radius 2 is 2.03 bits per heavy atom. The number of nitrogens with zero attached hydrogens (tertiary/aromatic N) is 3. The molecule has 1 fully saturated rings. The number of para-hydroxylation sites is 1. The lowest BCUT2D eigenvalue weighted by molar-refractivity contribution is 0.102. The number of carbonyl (C=O) groups excluding carboxylic acids is 1. The fourth-order valence-electron chi connectivity index (χ4n) is 3.62. The van der Waals surface area contributed by atoms with Crippen LogP contribution in [-0.2, 0) is 0 Å².